The minimum absolute atomic E-state index is 0.815. The van der Waals surface area contributed by atoms with Gasteiger partial charge in [-0.25, -0.2) is 0 Å². The molecule has 0 unspecified atom stereocenters. The number of benzene rings is 1. The Hall–Kier alpha value is -1.37. The monoisotopic (exact) mass is 188 g/mol. The van der Waals surface area contributed by atoms with E-state index in [1.165, 1.54) is 5.56 Å². The van der Waals surface area contributed by atoms with Crippen LogP contribution in [0.25, 0.3) is 6.08 Å². The molecule has 0 aliphatic carbocycles. The lowest BCUT2D eigenvalue weighted by atomic mass is 9.96. The zero-order valence-electron chi connectivity index (χ0n) is 8.84. The SMILES string of the molecule is C=Cc1cc(CC)c(C=O)cc1CC. The topological polar surface area (TPSA) is 17.1 Å². The molecular formula is C13H16O. The van der Waals surface area contributed by atoms with Crippen LogP contribution in [0.5, 0.6) is 0 Å². The summed E-state index contributed by atoms with van der Waals surface area (Å²) in [5, 5.41) is 0. The predicted octanol–water partition coefficient (Wildman–Crippen LogP) is 3.27. The van der Waals surface area contributed by atoms with Crippen molar-refractivity contribution >= 4 is 12.4 Å². The van der Waals surface area contributed by atoms with E-state index in [4.69, 9.17) is 0 Å². The molecule has 0 aromatic heterocycles. The van der Waals surface area contributed by atoms with Gasteiger partial charge in [-0.1, -0.05) is 32.6 Å². The van der Waals surface area contributed by atoms with Crippen LogP contribution >= 0.6 is 0 Å². The van der Waals surface area contributed by atoms with E-state index in [0.717, 1.165) is 35.8 Å². The van der Waals surface area contributed by atoms with Gasteiger partial charge in [0.2, 0.25) is 0 Å². The summed E-state index contributed by atoms with van der Waals surface area (Å²) in [7, 11) is 0. The normalized spacial score (nSPS) is 9.86. The standard InChI is InChI=1S/C13H16O/c1-4-10-7-12(6-3)13(9-14)8-11(10)5-2/h4,7-9H,1,5-6H2,2-3H3. The Balaban J connectivity index is 3.34. The predicted molar refractivity (Wildman–Crippen MR) is 60.7 cm³/mol. The highest BCUT2D eigenvalue weighted by molar-refractivity contribution is 5.79. The molecule has 0 saturated heterocycles. The highest BCUT2D eigenvalue weighted by atomic mass is 16.1. The van der Waals surface area contributed by atoms with Crippen LogP contribution in [-0.4, -0.2) is 6.29 Å². The molecule has 74 valence electrons. The molecule has 0 N–H and O–H groups in total. The van der Waals surface area contributed by atoms with Gasteiger partial charge in [-0.15, -0.1) is 0 Å². The fourth-order valence-corrected chi connectivity index (χ4v) is 1.64. The number of hydrogen-bond donors (Lipinski definition) is 0. The Bertz CT molecular complexity index is 315. The van der Waals surface area contributed by atoms with Crippen molar-refractivity contribution in [2.75, 3.05) is 0 Å². The minimum Gasteiger partial charge on any atom is -0.298 e. The molecule has 0 heterocycles. The van der Waals surface area contributed by atoms with Crippen molar-refractivity contribution in [1.82, 2.24) is 0 Å². The second-order valence-corrected chi connectivity index (χ2v) is 3.28. The zero-order valence-corrected chi connectivity index (χ0v) is 8.84. The van der Waals surface area contributed by atoms with Gasteiger partial charge in [0.25, 0.3) is 0 Å². The van der Waals surface area contributed by atoms with Gasteiger partial charge in [-0.05, 0) is 35.6 Å². The number of aldehydes is 1. The number of hydrogen-bond acceptors (Lipinski definition) is 1. The number of carbonyl (C=O) groups excluding carboxylic acids is 1. The van der Waals surface area contributed by atoms with Gasteiger partial charge in [-0.2, -0.15) is 0 Å². The fourth-order valence-electron chi connectivity index (χ4n) is 1.64. The summed E-state index contributed by atoms with van der Waals surface area (Å²) in [6, 6.07) is 4.04. The molecule has 1 aromatic rings. The van der Waals surface area contributed by atoms with Crippen LogP contribution in [-0.2, 0) is 12.8 Å². The van der Waals surface area contributed by atoms with E-state index in [1.54, 1.807) is 0 Å². The lowest BCUT2D eigenvalue weighted by molar-refractivity contribution is 0.112. The molecular weight excluding hydrogens is 172 g/mol. The van der Waals surface area contributed by atoms with Crippen LogP contribution in [0.15, 0.2) is 18.7 Å². The molecule has 0 aliphatic rings. The summed E-state index contributed by atoms with van der Waals surface area (Å²) in [5.74, 6) is 0. The van der Waals surface area contributed by atoms with Gasteiger partial charge >= 0.3 is 0 Å². The molecule has 0 saturated carbocycles. The second-order valence-electron chi connectivity index (χ2n) is 3.28. The quantitative estimate of drug-likeness (QED) is 0.663. The molecule has 0 radical (unpaired) electrons. The maximum absolute atomic E-state index is 10.8. The third kappa shape index (κ3) is 1.92. The van der Waals surface area contributed by atoms with E-state index >= 15 is 0 Å². The lowest BCUT2D eigenvalue weighted by Gasteiger charge is -2.08. The van der Waals surface area contributed by atoms with E-state index in [9.17, 15) is 4.79 Å². The van der Waals surface area contributed by atoms with Gasteiger partial charge in [0.05, 0.1) is 0 Å². The molecule has 0 aliphatic heterocycles. The van der Waals surface area contributed by atoms with Crippen molar-refractivity contribution in [3.63, 3.8) is 0 Å². The highest BCUT2D eigenvalue weighted by Crippen LogP contribution is 2.18. The van der Waals surface area contributed by atoms with Crippen LogP contribution in [0, 0.1) is 0 Å². The Labute approximate surface area is 85.5 Å². The van der Waals surface area contributed by atoms with Crippen LogP contribution < -0.4 is 0 Å². The van der Waals surface area contributed by atoms with E-state index in [-0.39, 0.29) is 0 Å². The molecule has 1 aromatic carbocycles. The Morgan fingerprint density at radius 2 is 1.64 bits per heavy atom. The molecule has 1 heteroatoms. The van der Waals surface area contributed by atoms with E-state index in [0.29, 0.717) is 0 Å². The first-order valence-electron chi connectivity index (χ1n) is 5.00. The van der Waals surface area contributed by atoms with Crippen molar-refractivity contribution in [3.05, 3.63) is 41.0 Å². The average Bonchev–Trinajstić information content (AvgIpc) is 2.26. The van der Waals surface area contributed by atoms with Gasteiger partial charge in [0.1, 0.15) is 6.29 Å². The van der Waals surface area contributed by atoms with E-state index in [1.807, 2.05) is 12.1 Å². The van der Waals surface area contributed by atoms with Crippen molar-refractivity contribution in [1.29, 1.82) is 0 Å². The Morgan fingerprint density at radius 1 is 1.14 bits per heavy atom. The second kappa shape index (κ2) is 4.75. The van der Waals surface area contributed by atoms with Crippen molar-refractivity contribution in [3.8, 4) is 0 Å². The molecule has 0 bridgehead atoms. The van der Waals surface area contributed by atoms with E-state index < -0.39 is 0 Å². The van der Waals surface area contributed by atoms with Crippen LogP contribution in [0.1, 0.15) is 40.9 Å². The average molecular weight is 188 g/mol. The molecule has 0 atom stereocenters. The summed E-state index contributed by atoms with van der Waals surface area (Å²) in [4.78, 5) is 10.8. The molecule has 0 fully saturated rings. The highest BCUT2D eigenvalue weighted by Gasteiger charge is 2.04. The van der Waals surface area contributed by atoms with Crippen molar-refractivity contribution in [2.45, 2.75) is 26.7 Å². The molecule has 1 nitrogen and oxygen atoms in total. The maximum atomic E-state index is 10.8. The Kier molecular flexibility index (Phi) is 3.63. The summed E-state index contributed by atoms with van der Waals surface area (Å²) >= 11 is 0. The van der Waals surface area contributed by atoms with Crippen LogP contribution in [0.3, 0.4) is 0 Å². The van der Waals surface area contributed by atoms with Crippen molar-refractivity contribution < 1.29 is 4.79 Å². The third-order valence-corrected chi connectivity index (χ3v) is 2.51. The molecule has 0 spiro atoms. The number of rotatable bonds is 4. The van der Waals surface area contributed by atoms with Crippen LogP contribution in [0.2, 0.25) is 0 Å². The third-order valence-electron chi connectivity index (χ3n) is 2.51. The minimum atomic E-state index is 0.815. The van der Waals surface area contributed by atoms with Crippen LogP contribution in [0.4, 0.5) is 0 Å². The van der Waals surface area contributed by atoms with Gasteiger partial charge in [0, 0.05) is 5.56 Å². The van der Waals surface area contributed by atoms with Gasteiger partial charge < -0.3 is 0 Å². The zero-order chi connectivity index (χ0) is 10.6. The first-order chi connectivity index (χ1) is 6.76. The largest absolute Gasteiger partial charge is 0.298 e. The van der Waals surface area contributed by atoms with Gasteiger partial charge in [-0.3, -0.25) is 4.79 Å². The summed E-state index contributed by atoms with van der Waals surface area (Å²) in [5.41, 5.74) is 4.26. The molecule has 14 heavy (non-hydrogen) atoms. The first kappa shape index (κ1) is 10.7. The molecule has 1 rings (SSSR count). The van der Waals surface area contributed by atoms with Crippen molar-refractivity contribution in [2.24, 2.45) is 0 Å². The Morgan fingerprint density at radius 3 is 2.07 bits per heavy atom. The number of carbonyl (C=O) groups is 1. The van der Waals surface area contributed by atoms with E-state index in [2.05, 4.69) is 26.5 Å². The number of aryl methyl sites for hydroxylation is 2. The fraction of sp³-hybridized carbons (Fsp3) is 0.308. The van der Waals surface area contributed by atoms with Gasteiger partial charge in [0.15, 0.2) is 0 Å². The first-order valence-corrected chi connectivity index (χ1v) is 5.00. The summed E-state index contributed by atoms with van der Waals surface area (Å²) < 4.78 is 0. The summed E-state index contributed by atoms with van der Waals surface area (Å²) in [6.45, 7) is 7.92. The summed E-state index contributed by atoms with van der Waals surface area (Å²) in [6.07, 6.45) is 4.61. The maximum Gasteiger partial charge on any atom is 0.150 e. The lowest BCUT2D eigenvalue weighted by Crippen LogP contribution is -1.96. The smallest absolute Gasteiger partial charge is 0.150 e. The molecule has 0 amide bonds.